The third kappa shape index (κ3) is 2.15. The maximum absolute atomic E-state index is 9.13. The zero-order chi connectivity index (χ0) is 17.5. The summed E-state index contributed by atoms with van der Waals surface area (Å²) < 4.78 is 0. The van der Waals surface area contributed by atoms with E-state index in [-0.39, 0.29) is 0 Å². The van der Waals surface area contributed by atoms with E-state index in [0.29, 0.717) is 5.69 Å². The maximum atomic E-state index is 9.13. The van der Waals surface area contributed by atoms with E-state index in [1.807, 2.05) is 12.1 Å². The number of pyridine rings is 1. The number of fused-ring (bicyclic) bond motifs is 6. The Morgan fingerprint density at radius 3 is 1.73 bits per heavy atom. The summed E-state index contributed by atoms with van der Waals surface area (Å²) in [6.45, 7) is 0. The van der Waals surface area contributed by atoms with Gasteiger partial charge >= 0.3 is 0 Å². The Hall–Kier alpha value is -3.70. The first kappa shape index (κ1) is 14.6. The average molecular weight is 330 g/mol. The molecule has 5 rings (SSSR count). The maximum Gasteiger partial charge on any atom is 0.141 e. The van der Waals surface area contributed by atoms with E-state index in [9.17, 15) is 0 Å². The Morgan fingerprint density at radius 2 is 1.12 bits per heavy atom. The standard InChI is InChI=1S/C24H14N2/c25-15-18-13-17(11-12-26-18)16-9-10-23-21-7-2-1-5-19(21)20-6-3-4-8-22(20)24(23)14-16/h1-14H. The lowest BCUT2D eigenvalue weighted by Gasteiger charge is -2.12. The minimum Gasteiger partial charge on any atom is -0.246 e. The van der Waals surface area contributed by atoms with Crippen LogP contribution in [0.2, 0.25) is 0 Å². The fourth-order valence-electron chi connectivity index (χ4n) is 3.76. The molecule has 0 atom stereocenters. The summed E-state index contributed by atoms with van der Waals surface area (Å²) in [6.07, 6.45) is 1.69. The lowest BCUT2D eigenvalue weighted by Crippen LogP contribution is -1.86. The van der Waals surface area contributed by atoms with E-state index in [2.05, 4.69) is 77.8 Å². The van der Waals surface area contributed by atoms with E-state index >= 15 is 0 Å². The van der Waals surface area contributed by atoms with E-state index < -0.39 is 0 Å². The smallest absolute Gasteiger partial charge is 0.141 e. The van der Waals surface area contributed by atoms with Crippen LogP contribution in [0.4, 0.5) is 0 Å². The summed E-state index contributed by atoms with van der Waals surface area (Å²) in [6, 6.07) is 29.5. The first-order valence-electron chi connectivity index (χ1n) is 8.55. The quantitative estimate of drug-likeness (QED) is 0.349. The van der Waals surface area contributed by atoms with Crippen LogP contribution < -0.4 is 0 Å². The summed E-state index contributed by atoms with van der Waals surface area (Å²) >= 11 is 0. The first-order valence-corrected chi connectivity index (χ1v) is 8.55. The highest BCUT2D eigenvalue weighted by Gasteiger charge is 2.09. The van der Waals surface area contributed by atoms with Crippen molar-refractivity contribution in [2.24, 2.45) is 0 Å². The second kappa shape index (κ2) is 5.68. The van der Waals surface area contributed by atoms with Crippen molar-refractivity contribution in [3.8, 4) is 17.2 Å². The second-order valence-electron chi connectivity index (χ2n) is 6.39. The van der Waals surface area contributed by atoms with Gasteiger partial charge in [0.2, 0.25) is 0 Å². The fraction of sp³-hybridized carbons (Fsp3) is 0. The number of aromatic nitrogens is 1. The molecule has 0 aliphatic carbocycles. The molecule has 0 radical (unpaired) electrons. The van der Waals surface area contributed by atoms with Crippen molar-refractivity contribution in [3.05, 3.63) is 90.8 Å². The molecule has 26 heavy (non-hydrogen) atoms. The number of rotatable bonds is 1. The molecular weight excluding hydrogens is 316 g/mol. The highest BCUT2D eigenvalue weighted by atomic mass is 14.7. The van der Waals surface area contributed by atoms with E-state index in [1.165, 1.54) is 32.3 Å². The van der Waals surface area contributed by atoms with Gasteiger partial charge in [0.05, 0.1) is 0 Å². The molecule has 1 heterocycles. The first-order chi connectivity index (χ1) is 12.8. The molecule has 0 amide bonds. The number of hydrogen-bond acceptors (Lipinski definition) is 2. The summed E-state index contributed by atoms with van der Waals surface area (Å²) in [5.41, 5.74) is 2.54. The summed E-state index contributed by atoms with van der Waals surface area (Å²) in [5.74, 6) is 0. The topological polar surface area (TPSA) is 36.7 Å². The Bertz CT molecular complexity index is 1310. The van der Waals surface area contributed by atoms with Crippen molar-refractivity contribution in [3.63, 3.8) is 0 Å². The zero-order valence-electron chi connectivity index (χ0n) is 14.0. The highest BCUT2D eigenvalue weighted by molar-refractivity contribution is 6.25. The van der Waals surface area contributed by atoms with Crippen LogP contribution in [0.15, 0.2) is 85.1 Å². The largest absolute Gasteiger partial charge is 0.246 e. The van der Waals surface area contributed by atoms with Crippen LogP contribution in [0.3, 0.4) is 0 Å². The minimum atomic E-state index is 0.436. The Labute approximate surface area is 151 Å². The molecule has 0 saturated heterocycles. The predicted molar refractivity (Wildman–Crippen MR) is 107 cm³/mol. The third-order valence-corrected chi connectivity index (χ3v) is 4.95. The van der Waals surface area contributed by atoms with Gasteiger partial charge in [0.25, 0.3) is 0 Å². The molecule has 4 aromatic carbocycles. The van der Waals surface area contributed by atoms with Gasteiger partial charge in [-0.3, -0.25) is 0 Å². The molecule has 5 aromatic rings. The van der Waals surface area contributed by atoms with Crippen molar-refractivity contribution in [1.29, 1.82) is 5.26 Å². The van der Waals surface area contributed by atoms with Crippen molar-refractivity contribution >= 4 is 32.3 Å². The van der Waals surface area contributed by atoms with Gasteiger partial charge in [0.15, 0.2) is 0 Å². The Morgan fingerprint density at radius 1 is 0.577 bits per heavy atom. The number of hydrogen-bond donors (Lipinski definition) is 0. The molecule has 1 aromatic heterocycles. The van der Waals surface area contributed by atoms with Crippen LogP contribution in [0, 0.1) is 11.3 Å². The number of nitrogens with zero attached hydrogens (tertiary/aromatic N) is 2. The number of benzene rings is 4. The zero-order valence-corrected chi connectivity index (χ0v) is 14.0. The van der Waals surface area contributed by atoms with Crippen LogP contribution in [0.5, 0.6) is 0 Å². The van der Waals surface area contributed by atoms with Gasteiger partial charge in [-0.25, -0.2) is 4.98 Å². The highest BCUT2D eigenvalue weighted by Crippen LogP contribution is 2.36. The predicted octanol–water partition coefficient (Wildman–Crippen LogP) is 6.08. The SMILES string of the molecule is N#Cc1cc(-c2ccc3c4ccccc4c4ccccc4c3c2)ccn1. The average Bonchev–Trinajstić information content (AvgIpc) is 2.73. The van der Waals surface area contributed by atoms with Gasteiger partial charge in [-0.15, -0.1) is 0 Å². The molecule has 120 valence electrons. The summed E-state index contributed by atoms with van der Waals surface area (Å²) in [4.78, 5) is 4.08. The van der Waals surface area contributed by atoms with Crippen LogP contribution >= 0.6 is 0 Å². The molecule has 0 N–H and O–H groups in total. The molecule has 0 bridgehead atoms. The van der Waals surface area contributed by atoms with Crippen molar-refractivity contribution in [1.82, 2.24) is 4.98 Å². The minimum absolute atomic E-state index is 0.436. The van der Waals surface area contributed by atoms with Crippen molar-refractivity contribution < 1.29 is 0 Å². The molecular formula is C24H14N2. The molecule has 0 aliphatic heterocycles. The van der Waals surface area contributed by atoms with Crippen LogP contribution in [-0.2, 0) is 0 Å². The monoisotopic (exact) mass is 330 g/mol. The van der Waals surface area contributed by atoms with Gasteiger partial charge in [-0.2, -0.15) is 5.26 Å². The van der Waals surface area contributed by atoms with E-state index in [1.54, 1.807) is 6.20 Å². The lowest BCUT2D eigenvalue weighted by molar-refractivity contribution is 1.27. The van der Waals surface area contributed by atoms with E-state index in [0.717, 1.165) is 11.1 Å². The molecule has 0 unspecified atom stereocenters. The Kier molecular flexibility index (Phi) is 3.20. The normalized spacial score (nSPS) is 11.0. The molecule has 0 aliphatic rings. The molecule has 2 nitrogen and oxygen atoms in total. The van der Waals surface area contributed by atoms with Crippen LogP contribution in [0.25, 0.3) is 43.4 Å². The molecule has 0 fully saturated rings. The Balaban J connectivity index is 1.90. The van der Waals surface area contributed by atoms with Crippen molar-refractivity contribution in [2.45, 2.75) is 0 Å². The molecule has 0 saturated carbocycles. The summed E-state index contributed by atoms with van der Waals surface area (Å²) in [5, 5.41) is 16.7. The lowest BCUT2D eigenvalue weighted by atomic mass is 9.92. The van der Waals surface area contributed by atoms with Gasteiger partial charge in [-0.1, -0.05) is 60.7 Å². The fourth-order valence-corrected chi connectivity index (χ4v) is 3.76. The molecule has 2 heteroatoms. The van der Waals surface area contributed by atoms with Gasteiger partial charge in [0, 0.05) is 6.20 Å². The van der Waals surface area contributed by atoms with Gasteiger partial charge in [-0.05, 0) is 61.6 Å². The van der Waals surface area contributed by atoms with Crippen LogP contribution in [0.1, 0.15) is 5.69 Å². The second-order valence-corrected chi connectivity index (χ2v) is 6.39. The van der Waals surface area contributed by atoms with Gasteiger partial charge < -0.3 is 0 Å². The molecule has 0 spiro atoms. The summed E-state index contributed by atoms with van der Waals surface area (Å²) in [7, 11) is 0. The van der Waals surface area contributed by atoms with Gasteiger partial charge in [0.1, 0.15) is 11.8 Å². The third-order valence-electron chi connectivity index (χ3n) is 4.95. The van der Waals surface area contributed by atoms with Crippen molar-refractivity contribution in [2.75, 3.05) is 0 Å². The van der Waals surface area contributed by atoms with E-state index in [4.69, 9.17) is 5.26 Å². The number of nitriles is 1. The van der Waals surface area contributed by atoms with Crippen LogP contribution in [-0.4, -0.2) is 4.98 Å².